The van der Waals surface area contributed by atoms with Crippen LogP contribution in [0.15, 0.2) is 28.7 Å². The van der Waals surface area contributed by atoms with E-state index < -0.39 is 0 Å². The molecule has 1 fully saturated rings. The third-order valence-corrected chi connectivity index (χ3v) is 4.27. The first-order valence-electron chi connectivity index (χ1n) is 6.95. The summed E-state index contributed by atoms with van der Waals surface area (Å²) in [5.41, 5.74) is 0.621. The number of rotatable bonds is 3. The fourth-order valence-electron chi connectivity index (χ4n) is 2.92. The van der Waals surface area contributed by atoms with Crippen LogP contribution in [0.4, 0.5) is 0 Å². The van der Waals surface area contributed by atoms with Gasteiger partial charge in [-0.15, -0.1) is 0 Å². The summed E-state index contributed by atoms with van der Waals surface area (Å²) in [6, 6.07) is 7.38. The van der Waals surface area contributed by atoms with Gasteiger partial charge in [0.05, 0.1) is 5.02 Å². The van der Waals surface area contributed by atoms with Crippen molar-refractivity contribution in [3.05, 3.63) is 35.0 Å². The minimum Gasteiger partial charge on any atom is -0.451 e. The van der Waals surface area contributed by atoms with Gasteiger partial charge in [-0.1, -0.05) is 55.8 Å². The number of carbonyl (C=O) groups excluding carboxylic acids is 1. The van der Waals surface area contributed by atoms with E-state index in [9.17, 15) is 4.79 Å². The highest BCUT2D eigenvalue weighted by atomic mass is 35.5. The number of ketones is 1. The number of hydrogen-bond donors (Lipinski definition) is 0. The van der Waals surface area contributed by atoms with Crippen LogP contribution < -0.4 is 0 Å². The topological polar surface area (TPSA) is 30.2 Å². The Bertz CT molecular complexity index is 594. The van der Waals surface area contributed by atoms with Crippen molar-refractivity contribution in [3.63, 3.8) is 0 Å². The molecule has 1 aromatic heterocycles. The van der Waals surface area contributed by atoms with Crippen molar-refractivity contribution in [2.24, 2.45) is 5.92 Å². The highest BCUT2D eigenvalue weighted by molar-refractivity contribution is 6.34. The number of halogens is 1. The number of carbonyl (C=O) groups is 1. The van der Waals surface area contributed by atoms with E-state index in [1.54, 1.807) is 6.07 Å². The number of Topliss-reactive ketones (excluding diaryl/α,β-unsaturated/α-hetero) is 1. The number of furan rings is 1. The third-order valence-electron chi connectivity index (χ3n) is 3.97. The maximum atomic E-state index is 12.3. The number of hydrogen-bond acceptors (Lipinski definition) is 2. The molecule has 1 saturated carbocycles. The minimum atomic E-state index is 0.110. The zero-order valence-electron chi connectivity index (χ0n) is 10.8. The summed E-state index contributed by atoms with van der Waals surface area (Å²) in [6.45, 7) is 0. The molecule has 0 amide bonds. The maximum Gasteiger partial charge on any atom is 0.198 e. The zero-order valence-corrected chi connectivity index (χ0v) is 11.6. The van der Waals surface area contributed by atoms with E-state index in [1.807, 2.05) is 18.2 Å². The molecule has 0 atom stereocenters. The van der Waals surface area contributed by atoms with E-state index in [-0.39, 0.29) is 5.78 Å². The molecule has 1 aliphatic rings. The van der Waals surface area contributed by atoms with Crippen molar-refractivity contribution in [2.75, 3.05) is 0 Å². The lowest BCUT2D eigenvalue weighted by Crippen LogP contribution is -2.11. The molecule has 0 aliphatic heterocycles. The molecular weight excluding hydrogens is 260 g/mol. The van der Waals surface area contributed by atoms with Crippen molar-refractivity contribution in [3.8, 4) is 0 Å². The lowest BCUT2D eigenvalue weighted by molar-refractivity contribution is 0.0925. The Labute approximate surface area is 117 Å². The van der Waals surface area contributed by atoms with E-state index in [0.29, 0.717) is 28.7 Å². The molecule has 1 aliphatic carbocycles. The second-order valence-corrected chi connectivity index (χ2v) is 5.81. The lowest BCUT2D eigenvalue weighted by Gasteiger charge is -2.20. The molecule has 2 aromatic rings. The number of para-hydroxylation sites is 1. The molecule has 1 heterocycles. The van der Waals surface area contributed by atoms with E-state index >= 15 is 0 Å². The summed E-state index contributed by atoms with van der Waals surface area (Å²) in [5.74, 6) is 1.10. The van der Waals surface area contributed by atoms with Gasteiger partial charge in [-0.05, 0) is 18.1 Å². The highest BCUT2D eigenvalue weighted by Gasteiger charge is 2.20. The normalized spacial score (nSPS) is 16.9. The van der Waals surface area contributed by atoms with Crippen LogP contribution in [0.2, 0.25) is 5.02 Å². The van der Waals surface area contributed by atoms with Crippen molar-refractivity contribution in [1.29, 1.82) is 0 Å². The van der Waals surface area contributed by atoms with Gasteiger partial charge in [-0.2, -0.15) is 0 Å². The van der Waals surface area contributed by atoms with Crippen LogP contribution in [0.5, 0.6) is 0 Å². The van der Waals surface area contributed by atoms with Crippen LogP contribution in [-0.4, -0.2) is 5.78 Å². The summed E-state index contributed by atoms with van der Waals surface area (Å²) in [7, 11) is 0. The fourth-order valence-corrected chi connectivity index (χ4v) is 3.14. The van der Waals surface area contributed by atoms with Crippen molar-refractivity contribution >= 4 is 28.4 Å². The van der Waals surface area contributed by atoms with Gasteiger partial charge < -0.3 is 4.42 Å². The summed E-state index contributed by atoms with van der Waals surface area (Å²) in [6.07, 6.45) is 6.77. The summed E-state index contributed by atoms with van der Waals surface area (Å²) < 4.78 is 5.62. The molecule has 100 valence electrons. The second kappa shape index (κ2) is 5.38. The van der Waals surface area contributed by atoms with E-state index in [2.05, 4.69) is 0 Å². The molecular formula is C16H17ClO2. The van der Waals surface area contributed by atoms with Crippen LogP contribution in [-0.2, 0) is 0 Å². The molecule has 0 unspecified atom stereocenters. The quantitative estimate of drug-likeness (QED) is 0.718. The summed E-state index contributed by atoms with van der Waals surface area (Å²) >= 11 is 6.06. The molecule has 2 nitrogen and oxygen atoms in total. The molecule has 0 radical (unpaired) electrons. The standard InChI is InChI=1S/C16H17ClO2/c17-13-8-4-7-12-10-15(19-16(12)13)14(18)9-11-5-2-1-3-6-11/h4,7-8,10-11H,1-3,5-6,9H2. The number of benzene rings is 1. The molecule has 0 N–H and O–H groups in total. The van der Waals surface area contributed by atoms with Gasteiger partial charge in [0.15, 0.2) is 17.1 Å². The van der Waals surface area contributed by atoms with Gasteiger partial charge in [0.25, 0.3) is 0 Å². The summed E-state index contributed by atoms with van der Waals surface area (Å²) in [5, 5.41) is 1.47. The Balaban J connectivity index is 1.79. The average molecular weight is 277 g/mol. The van der Waals surface area contributed by atoms with E-state index in [1.165, 1.54) is 32.1 Å². The molecule has 19 heavy (non-hydrogen) atoms. The van der Waals surface area contributed by atoms with Gasteiger partial charge in [0.1, 0.15) is 0 Å². The van der Waals surface area contributed by atoms with Crippen LogP contribution in [0.1, 0.15) is 49.1 Å². The molecule has 1 aromatic carbocycles. The Morgan fingerprint density at radius 2 is 2.05 bits per heavy atom. The third kappa shape index (κ3) is 2.69. The molecule has 0 saturated heterocycles. The predicted molar refractivity (Wildman–Crippen MR) is 76.7 cm³/mol. The lowest BCUT2D eigenvalue weighted by atomic mass is 9.85. The van der Waals surface area contributed by atoms with Crippen molar-refractivity contribution in [1.82, 2.24) is 0 Å². The van der Waals surface area contributed by atoms with Crippen molar-refractivity contribution < 1.29 is 9.21 Å². The molecule has 0 bridgehead atoms. The van der Waals surface area contributed by atoms with Gasteiger partial charge in [0.2, 0.25) is 0 Å². The highest BCUT2D eigenvalue weighted by Crippen LogP contribution is 2.30. The van der Waals surface area contributed by atoms with Gasteiger partial charge >= 0.3 is 0 Å². The Morgan fingerprint density at radius 1 is 1.26 bits per heavy atom. The number of fused-ring (bicyclic) bond motifs is 1. The Kier molecular flexibility index (Phi) is 3.61. The molecule has 3 heteroatoms. The zero-order chi connectivity index (χ0) is 13.2. The van der Waals surface area contributed by atoms with Crippen LogP contribution in [0.3, 0.4) is 0 Å². The fraction of sp³-hybridized carbons (Fsp3) is 0.438. The van der Waals surface area contributed by atoms with Gasteiger partial charge in [-0.25, -0.2) is 0 Å². The van der Waals surface area contributed by atoms with Gasteiger partial charge in [0, 0.05) is 11.8 Å². The van der Waals surface area contributed by atoms with E-state index in [0.717, 1.165) is 5.39 Å². The van der Waals surface area contributed by atoms with E-state index in [4.69, 9.17) is 16.0 Å². The molecule has 3 rings (SSSR count). The average Bonchev–Trinajstić information content (AvgIpc) is 2.85. The van der Waals surface area contributed by atoms with Crippen molar-refractivity contribution in [2.45, 2.75) is 38.5 Å². The Hall–Kier alpha value is -1.28. The largest absolute Gasteiger partial charge is 0.451 e. The van der Waals surface area contributed by atoms with Gasteiger partial charge in [-0.3, -0.25) is 4.79 Å². The first-order valence-corrected chi connectivity index (χ1v) is 7.33. The molecule has 0 spiro atoms. The maximum absolute atomic E-state index is 12.3. The first kappa shape index (κ1) is 12.7. The van der Waals surface area contributed by atoms with Crippen LogP contribution >= 0.6 is 11.6 Å². The second-order valence-electron chi connectivity index (χ2n) is 5.40. The monoisotopic (exact) mass is 276 g/mol. The SMILES string of the molecule is O=C(CC1CCCCC1)c1cc2cccc(Cl)c2o1. The van der Waals surface area contributed by atoms with Crippen LogP contribution in [0.25, 0.3) is 11.0 Å². The Morgan fingerprint density at radius 3 is 2.79 bits per heavy atom. The minimum absolute atomic E-state index is 0.110. The predicted octanol–water partition coefficient (Wildman–Crippen LogP) is 5.24. The smallest absolute Gasteiger partial charge is 0.198 e. The van der Waals surface area contributed by atoms with Crippen LogP contribution in [0, 0.1) is 5.92 Å². The summed E-state index contributed by atoms with van der Waals surface area (Å²) in [4.78, 5) is 12.3. The first-order chi connectivity index (χ1) is 9.24.